The van der Waals surface area contributed by atoms with Crippen molar-refractivity contribution in [3.8, 4) is 11.1 Å². The van der Waals surface area contributed by atoms with Crippen LogP contribution in [0, 0.1) is 5.82 Å². The maximum atomic E-state index is 14.1. The van der Waals surface area contributed by atoms with E-state index < -0.39 is 0 Å². The molecular weight excluding hydrogens is 421 g/mol. The van der Waals surface area contributed by atoms with Gasteiger partial charge in [-0.2, -0.15) is 0 Å². The van der Waals surface area contributed by atoms with Crippen LogP contribution in [-0.2, 0) is 6.54 Å². The first-order chi connectivity index (χ1) is 15.5. The lowest BCUT2D eigenvalue weighted by Crippen LogP contribution is -2.42. The van der Waals surface area contributed by atoms with Crippen LogP contribution in [0.1, 0.15) is 34.5 Å². The number of likely N-dealkylation sites (tertiary alicyclic amines) is 1. The molecule has 1 unspecified atom stereocenters. The molecule has 0 saturated carbocycles. The summed E-state index contributed by atoms with van der Waals surface area (Å²) >= 11 is 1.37. The Morgan fingerprint density at radius 3 is 2.69 bits per heavy atom. The molecular formula is C26H30FN3OS. The Morgan fingerprint density at radius 1 is 1.16 bits per heavy atom. The number of thiophene rings is 1. The first kappa shape index (κ1) is 22.5. The average Bonchev–Trinajstić information content (AvgIpc) is 3.17. The molecule has 3 aromatic rings. The second-order valence-corrected chi connectivity index (χ2v) is 9.55. The molecule has 2 heterocycles. The van der Waals surface area contributed by atoms with E-state index in [2.05, 4.69) is 39.4 Å². The van der Waals surface area contributed by atoms with Gasteiger partial charge in [0.2, 0.25) is 0 Å². The predicted octanol–water partition coefficient (Wildman–Crippen LogP) is 5.40. The highest BCUT2D eigenvalue weighted by molar-refractivity contribution is 7.12. The molecule has 6 heteroatoms. The number of carbonyl (C=O) groups excluding carboxylic acids is 1. The summed E-state index contributed by atoms with van der Waals surface area (Å²) in [6, 6.07) is 17.2. The molecule has 1 atom stereocenters. The standard InChI is InChI=1S/C26H30FN3OS/c1-29(2)22-12-10-19(11-13-22)16-30-14-6-5-7-21(17-30)28-26(31)25-15-20(18-32-25)23-8-3-4-9-24(23)27/h3-4,8-13,15,18,21H,5-7,14,16-17H2,1-2H3,(H,28,31). The molecule has 0 radical (unpaired) electrons. The highest BCUT2D eigenvalue weighted by atomic mass is 32.1. The van der Waals surface area contributed by atoms with E-state index in [1.807, 2.05) is 25.5 Å². The van der Waals surface area contributed by atoms with Gasteiger partial charge >= 0.3 is 0 Å². The molecule has 168 valence electrons. The zero-order valence-electron chi connectivity index (χ0n) is 18.7. The zero-order chi connectivity index (χ0) is 22.5. The first-order valence-corrected chi connectivity index (χ1v) is 12.0. The van der Waals surface area contributed by atoms with Gasteiger partial charge in [0.1, 0.15) is 5.82 Å². The number of amides is 1. The van der Waals surface area contributed by atoms with E-state index in [9.17, 15) is 9.18 Å². The summed E-state index contributed by atoms with van der Waals surface area (Å²) in [4.78, 5) is 18.1. The van der Waals surface area contributed by atoms with Crippen LogP contribution in [-0.4, -0.2) is 44.0 Å². The largest absolute Gasteiger partial charge is 0.378 e. The number of hydrogen-bond acceptors (Lipinski definition) is 4. The normalized spacial score (nSPS) is 17.0. The lowest BCUT2D eigenvalue weighted by atomic mass is 10.1. The maximum absolute atomic E-state index is 14.1. The number of nitrogens with one attached hydrogen (secondary N) is 1. The Kier molecular flexibility index (Phi) is 7.22. The summed E-state index contributed by atoms with van der Waals surface area (Å²) in [7, 11) is 4.09. The molecule has 1 N–H and O–H groups in total. The van der Waals surface area contributed by atoms with Gasteiger partial charge in [-0.15, -0.1) is 11.3 Å². The van der Waals surface area contributed by atoms with E-state index in [0.717, 1.165) is 44.5 Å². The van der Waals surface area contributed by atoms with Crippen LogP contribution in [0.2, 0.25) is 0 Å². The second-order valence-electron chi connectivity index (χ2n) is 8.64. The minimum absolute atomic E-state index is 0.0697. The van der Waals surface area contributed by atoms with Crippen LogP contribution >= 0.6 is 11.3 Å². The summed E-state index contributed by atoms with van der Waals surface area (Å²) < 4.78 is 14.1. The molecule has 1 aromatic heterocycles. The van der Waals surface area contributed by atoms with E-state index in [-0.39, 0.29) is 17.8 Å². The molecule has 1 saturated heterocycles. The number of halogens is 1. The van der Waals surface area contributed by atoms with Gasteiger partial charge in [0.05, 0.1) is 4.88 Å². The quantitative estimate of drug-likeness (QED) is 0.545. The van der Waals surface area contributed by atoms with Crippen molar-refractivity contribution in [1.29, 1.82) is 0 Å². The molecule has 4 nitrogen and oxygen atoms in total. The fraction of sp³-hybridized carbons (Fsp3) is 0.346. The molecule has 32 heavy (non-hydrogen) atoms. The van der Waals surface area contributed by atoms with E-state index in [0.29, 0.717) is 10.4 Å². The number of nitrogens with zero attached hydrogens (tertiary/aromatic N) is 2. The van der Waals surface area contributed by atoms with Crippen molar-refractivity contribution in [2.75, 3.05) is 32.1 Å². The molecule has 1 aliphatic rings. The van der Waals surface area contributed by atoms with Gasteiger partial charge in [-0.3, -0.25) is 9.69 Å². The fourth-order valence-electron chi connectivity index (χ4n) is 4.19. The summed E-state index contributed by atoms with van der Waals surface area (Å²) in [5, 5.41) is 5.08. The van der Waals surface area contributed by atoms with Crippen molar-refractivity contribution in [2.24, 2.45) is 0 Å². The minimum atomic E-state index is -0.268. The predicted molar refractivity (Wildman–Crippen MR) is 131 cm³/mol. The topological polar surface area (TPSA) is 35.6 Å². The van der Waals surface area contributed by atoms with Gasteiger partial charge in [-0.1, -0.05) is 36.8 Å². The number of anilines is 1. The first-order valence-electron chi connectivity index (χ1n) is 11.1. The Bertz CT molecular complexity index is 1050. The summed E-state index contributed by atoms with van der Waals surface area (Å²) in [6.45, 7) is 2.77. The summed E-state index contributed by atoms with van der Waals surface area (Å²) in [5.41, 5.74) is 3.77. The molecule has 0 bridgehead atoms. The lowest BCUT2D eigenvalue weighted by Gasteiger charge is -2.25. The van der Waals surface area contributed by atoms with Crippen LogP contribution in [0.5, 0.6) is 0 Å². The molecule has 4 rings (SSSR count). The smallest absolute Gasteiger partial charge is 0.261 e. The Balaban J connectivity index is 1.38. The third kappa shape index (κ3) is 5.56. The van der Waals surface area contributed by atoms with E-state index in [4.69, 9.17) is 0 Å². The Hall–Kier alpha value is -2.70. The SMILES string of the molecule is CN(C)c1ccc(CN2CCCCC(NC(=O)c3cc(-c4ccccc4F)cs3)C2)cc1. The van der Waals surface area contributed by atoms with Crippen molar-refractivity contribution >= 4 is 22.9 Å². The minimum Gasteiger partial charge on any atom is -0.378 e. The number of rotatable bonds is 6. The van der Waals surface area contributed by atoms with Crippen molar-refractivity contribution < 1.29 is 9.18 Å². The van der Waals surface area contributed by atoms with Crippen LogP contribution in [0.3, 0.4) is 0 Å². The highest BCUT2D eigenvalue weighted by Crippen LogP contribution is 2.28. The zero-order valence-corrected chi connectivity index (χ0v) is 19.5. The molecule has 2 aromatic carbocycles. The third-order valence-electron chi connectivity index (χ3n) is 5.96. The monoisotopic (exact) mass is 451 g/mol. The number of benzene rings is 2. The van der Waals surface area contributed by atoms with Crippen molar-refractivity contribution in [3.05, 3.63) is 76.2 Å². The summed E-state index contributed by atoms with van der Waals surface area (Å²) in [5.74, 6) is -0.338. The van der Waals surface area contributed by atoms with E-state index in [1.54, 1.807) is 18.2 Å². The molecule has 0 aliphatic carbocycles. The average molecular weight is 452 g/mol. The fourth-order valence-corrected chi connectivity index (χ4v) is 5.00. The van der Waals surface area contributed by atoms with Gasteiger partial charge in [0.15, 0.2) is 0 Å². The van der Waals surface area contributed by atoms with Gasteiger partial charge in [0, 0.05) is 44.5 Å². The van der Waals surface area contributed by atoms with Crippen molar-refractivity contribution in [1.82, 2.24) is 10.2 Å². The van der Waals surface area contributed by atoms with Gasteiger partial charge in [0.25, 0.3) is 5.91 Å². The second kappa shape index (κ2) is 10.3. The highest BCUT2D eigenvalue weighted by Gasteiger charge is 2.21. The van der Waals surface area contributed by atoms with Crippen LogP contribution < -0.4 is 10.2 Å². The number of carbonyl (C=O) groups is 1. The molecule has 1 amide bonds. The van der Waals surface area contributed by atoms with E-state index in [1.165, 1.54) is 28.7 Å². The van der Waals surface area contributed by atoms with E-state index >= 15 is 0 Å². The third-order valence-corrected chi connectivity index (χ3v) is 6.89. The summed E-state index contributed by atoms with van der Waals surface area (Å²) in [6.07, 6.45) is 3.22. The maximum Gasteiger partial charge on any atom is 0.261 e. The van der Waals surface area contributed by atoms with Gasteiger partial charge in [-0.25, -0.2) is 4.39 Å². The van der Waals surface area contributed by atoms with Crippen LogP contribution in [0.4, 0.5) is 10.1 Å². The number of hydrogen-bond donors (Lipinski definition) is 1. The van der Waals surface area contributed by atoms with Crippen LogP contribution in [0.15, 0.2) is 60.0 Å². The molecule has 0 spiro atoms. The molecule has 1 fully saturated rings. The Morgan fingerprint density at radius 2 is 1.94 bits per heavy atom. The lowest BCUT2D eigenvalue weighted by molar-refractivity contribution is 0.0929. The van der Waals surface area contributed by atoms with Crippen molar-refractivity contribution in [3.63, 3.8) is 0 Å². The van der Waals surface area contributed by atoms with Gasteiger partial charge < -0.3 is 10.2 Å². The van der Waals surface area contributed by atoms with Crippen LogP contribution in [0.25, 0.3) is 11.1 Å². The molecule has 1 aliphatic heterocycles. The van der Waals surface area contributed by atoms with Gasteiger partial charge in [-0.05, 0) is 60.2 Å². The van der Waals surface area contributed by atoms with Crippen molar-refractivity contribution in [2.45, 2.75) is 31.8 Å². The Labute approximate surface area is 193 Å².